The third-order valence-corrected chi connectivity index (χ3v) is 3.20. The van der Waals surface area contributed by atoms with Crippen molar-refractivity contribution in [2.45, 2.75) is 0 Å². The van der Waals surface area contributed by atoms with E-state index < -0.39 is 24.2 Å². The molecule has 0 spiro atoms. The highest BCUT2D eigenvalue weighted by molar-refractivity contribution is 5.97. The number of aromatic hydroxyl groups is 2. The summed E-state index contributed by atoms with van der Waals surface area (Å²) in [5.74, 6) is -1.15. The highest BCUT2D eigenvalue weighted by Crippen LogP contribution is 2.29. The Morgan fingerprint density at radius 2 is 1.72 bits per heavy atom. The van der Waals surface area contributed by atoms with E-state index >= 15 is 0 Å². The molecule has 1 amide bonds. The monoisotopic (exact) mass is 347 g/mol. The van der Waals surface area contributed by atoms with Crippen LogP contribution in [-0.2, 0) is 9.53 Å². The van der Waals surface area contributed by atoms with Crippen LogP contribution in [0.5, 0.6) is 23.0 Å². The summed E-state index contributed by atoms with van der Waals surface area (Å²) in [7, 11) is 2.96. The number of amides is 1. The van der Waals surface area contributed by atoms with Gasteiger partial charge in [0.25, 0.3) is 5.91 Å². The van der Waals surface area contributed by atoms with Gasteiger partial charge in [0.2, 0.25) is 0 Å². The second kappa shape index (κ2) is 7.91. The lowest BCUT2D eigenvalue weighted by atomic mass is 10.2. The maximum Gasteiger partial charge on any atom is 0.342 e. The summed E-state index contributed by atoms with van der Waals surface area (Å²) >= 11 is 0. The first-order chi connectivity index (χ1) is 11.9. The zero-order valence-electron chi connectivity index (χ0n) is 13.6. The summed E-state index contributed by atoms with van der Waals surface area (Å²) in [4.78, 5) is 23.7. The van der Waals surface area contributed by atoms with Gasteiger partial charge in [-0.25, -0.2) is 4.79 Å². The van der Waals surface area contributed by atoms with Gasteiger partial charge in [-0.2, -0.15) is 0 Å². The molecule has 2 aromatic rings. The number of anilines is 1. The predicted molar refractivity (Wildman–Crippen MR) is 88.2 cm³/mol. The van der Waals surface area contributed by atoms with Crippen molar-refractivity contribution in [3.8, 4) is 23.0 Å². The van der Waals surface area contributed by atoms with E-state index in [-0.39, 0.29) is 11.3 Å². The second-order valence-electron chi connectivity index (χ2n) is 4.90. The second-order valence-corrected chi connectivity index (χ2v) is 4.90. The van der Waals surface area contributed by atoms with E-state index in [2.05, 4.69) is 5.32 Å². The minimum atomic E-state index is -0.889. The Labute approximate surface area is 143 Å². The number of phenols is 2. The fourth-order valence-electron chi connectivity index (χ4n) is 2.01. The van der Waals surface area contributed by atoms with Crippen LogP contribution >= 0.6 is 0 Å². The smallest absolute Gasteiger partial charge is 0.342 e. The van der Waals surface area contributed by atoms with Crippen LogP contribution in [0.2, 0.25) is 0 Å². The number of methoxy groups -OCH3 is 2. The average molecular weight is 347 g/mol. The summed E-state index contributed by atoms with van der Waals surface area (Å²) in [6, 6.07) is 8.20. The zero-order valence-corrected chi connectivity index (χ0v) is 13.6. The van der Waals surface area contributed by atoms with E-state index in [9.17, 15) is 19.8 Å². The van der Waals surface area contributed by atoms with Gasteiger partial charge >= 0.3 is 5.97 Å². The lowest BCUT2D eigenvalue weighted by Gasteiger charge is -2.11. The van der Waals surface area contributed by atoms with Gasteiger partial charge in [-0.15, -0.1) is 0 Å². The first-order valence-corrected chi connectivity index (χ1v) is 7.15. The number of hydrogen-bond donors (Lipinski definition) is 3. The van der Waals surface area contributed by atoms with Crippen LogP contribution in [0.25, 0.3) is 0 Å². The number of carbonyl (C=O) groups excluding carboxylic acids is 2. The summed E-state index contributed by atoms with van der Waals surface area (Å²) < 4.78 is 15.1. The van der Waals surface area contributed by atoms with E-state index in [1.807, 2.05) is 0 Å². The third-order valence-electron chi connectivity index (χ3n) is 3.20. The highest BCUT2D eigenvalue weighted by atomic mass is 16.5. The van der Waals surface area contributed by atoms with Crippen molar-refractivity contribution in [1.82, 2.24) is 0 Å². The molecule has 2 aromatic carbocycles. The Balaban J connectivity index is 1.95. The molecule has 0 unspecified atom stereocenters. The molecule has 0 radical (unpaired) electrons. The summed E-state index contributed by atoms with van der Waals surface area (Å²) in [6.07, 6.45) is 0. The Kier molecular flexibility index (Phi) is 5.67. The van der Waals surface area contributed by atoms with Crippen LogP contribution in [0.4, 0.5) is 5.69 Å². The number of phenolic OH excluding ortho intramolecular Hbond substituents is 2. The molecule has 0 bridgehead atoms. The van der Waals surface area contributed by atoms with Gasteiger partial charge in [0.1, 0.15) is 17.1 Å². The lowest BCUT2D eigenvalue weighted by Crippen LogP contribution is -2.21. The summed E-state index contributed by atoms with van der Waals surface area (Å²) in [5, 5.41) is 21.3. The van der Waals surface area contributed by atoms with Gasteiger partial charge in [0.05, 0.1) is 14.2 Å². The first kappa shape index (κ1) is 17.9. The van der Waals surface area contributed by atoms with Crippen LogP contribution in [0, 0.1) is 0 Å². The molecule has 0 fully saturated rings. The quantitative estimate of drug-likeness (QED) is 0.684. The Bertz CT molecular complexity index is 789. The van der Waals surface area contributed by atoms with Gasteiger partial charge in [-0.05, 0) is 24.3 Å². The van der Waals surface area contributed by atoms with Gasteiger partial charge in [-0.3, -0.25) is 4.79 Å². The van der Waals surface area contributed by atoms with Crippen LogP contribution in [-0.4, -0.2) is 42.9 Å². The minimum Gasteiger partial charge on any atom is -0.508 e. The summed E-state index contributed by atoms with van der Waals surface area (Å²) in [5.41, 5.74) is 0.280. The number of hydrogen-bond acceptors (Lipinski definition) is 7. The van der Waals surface area contributed by atoms with Gasteiger partial charge in [0.15, 0.2) is 18.1 Å². The van der Waals surface area contributed by atoms with E-state index in [1.54, 1.807) is 18.2 Å². The van der Waals surface area contributed by atoms with Crippen molar-refractivity contribution in [2.24, 2.45) is 0 Å². The van der Waals surface area contributed by atoms with Gasteiger partial charge < -0.3 is 29.7 Å². The molecule has 3 N–H and O–H groups in total. The van der Waals surface area contributed by atoms with Crippen LogP contribution < -0.4 is 14.8 Å². The number of nitrogens with one attached hydrogen (secondary N) is 1. The zero-order chi connectivity index (χ0) is 18.4. The van der Waals surface area contributed by atoms with Crippen molar-refractivity contribution >= 4 is 17.6 Å². The van der Waals surface area contributed by atoms with E-state index in [0.717, 1.165) is 6.07 Å². The number of benzene rings is 2. The van der Waals surface area contributed by atoms with Crippen molar-refractivity contribution < 1.29 is 34.0 Å². The average Bonchev–Trinajstić information content (AvgIpc) is 2.59. The van der Waals surface area contributed by atoms with Crippen molar-refractivity contribution in [3.05, 3.63) is 42.0 Å². The molecule has 0 aromatic heterocycles. The first-order valence-electron chi connectivity index (χ1n) is 7.15. The normalized spacial score (nSPS) is 10.0. The van der Waals surface area contributed by atoms with Crippen LogP contribution in [0.15, 0.2) is 36.4 Å². The maximum absolute atomic E-state index is 11.9. The topological polar surface area (TPSA) is 114 Å². The molecule has 132 valence electrons. The molecule has 0 aliphatic rings. The molecule has 2 rings (SSSR count). The molecule has 0 heterocycles. The molecule has 25 heavy (non-hydrogen) atoms. The molecule has 0 saturated carbocycles. The molecular formula is C17H17NO7. The number of esters is 1. The third kappa shape index (κ3) is 4.54. The SMILES string of the molecule is COc1ccc(NC(=O)COC(=O)c2ccc(O)cc2O)cc1OC. The van der Waals surface area contributed by atoms with Gasteiger partial charge in [0, 0.05) is 17.8 Å². The standard InChI is InChI=1S/C17H17NO7/c1-23-14-6-3-10(7-15(14)24-2)18-16(21)9-25-17(22)12-5-4-11(19)8-13(12)20/h3-8,19-20H,9H2,1-2H3,(H,18,21). The maximum atomic E-state index is 11.9. The summed E-state index contributed by atoms with van der Waals surface area (Å²) in [6.45, 7) is -0.548. The molecule has 8 nitrogen and oxygen atoms in total. The van der Waals surface area contributed by atoms with Crippen molar-refractivity contribution in [3.63, 3.8) is 0 Å². The highest BCUT2D eigenvalue weighted by Gasteiger charge is 2.15. The number of rotatable bonds is 6. The van der Waals surface area contributed by atoms with Crippen LogP contribution in [0.1, 0.15) is 10.4 Å². The fraction of sp³-hybridized carbons (Fsp3) is 0.176. The Hall–Kier alpha value is -3.42. The molecule has 0 saturated heterocycles. The minimum absolute atomic E-state index is 0.156. The predicted octanol–water partition coefficient (Wildman–Crippen LogP) is 1.91. The van der Waals surface area contributed by atoms with E-state index in [1.165, 1.54) is 26.4 Å². The molecule has 8 heteroatoms. The lowest BCUT2D eigenvalue weighted by molar-refractivity contribution is -0.119. The van der Waals surface area contributed by atoms with Crippen molar-refractivity contribution in [2.75, 3.05) is 26.1 Å². The number of ether oxygens (including phenoxy) is 3. The van der Waals surface area contributed by atoms with Gasteiger partial charge in [-0.1, -0.05) is 0 Å². The molecule has 0 aliphatic carbocycles. The fourth-order valence-corrected chi connectivity index (χ4v) is 2.01. The Morgan fingerprint density at radius 3 is 2.36 bits per heavy atom. The largest absolute Gasteiger partial charge is 0.508 e. The number of carbonyl (C=O) groups is 2. The van der Waals surface area contributed by atoms with Crippen molar-refractivity contribution in [1.29, 1.82) is 0 Å². The van der Waals surface area contributed by atoms with Crippen LogP contribution in [0.3, 0.4) is 0 Å². The molecule has 0 aliphatic heterocycles. The molecule has 0 atom stereocenters. The molecular weight excluding hydrogens is 330 g/mol. The van der Waals surface area contributed by atoms with E-state index in [4.69, 9.17) is 14.2 Å². The Morgan fingerprint density at radius 1 is 1.00 bits per heavy atom. The van der Waals surface area contributed by atoms with E-state index in [0.29, 0.717) is 17.2 Å².